The number of hydrogen-bond donors (Lipinski definition) is 0. The molecule has 0 fully saturated rings. The third-order valence-corrected chi connectivity index (χ3v) is 1.02. The first kappa shape index (κ1) is 8.86. The molecule has 9 heavy (non-hydrogen) atoms. The van der Waals surface area contributed by atoms with Crippen molar-refractivity contribution in [2.75, 3.05) is 0 Å². The van der Waals surface area contributed by atoms with Gasteiger partial charge < -0.3 is 0 Å². The summed E-state index contributed by atoms with van der Waals surface area (Å²) in [5.74, 6) is -0.0492. The summed E-state index contributed by atoms with van der Waals surface area (Å²) in [6.07, 6.45) is 1.19. The molecule has 0 aromatic rings. The zero-order chi connectivity index (χ0) is 7.28. The molecule has 0 aliphatic rings. The maximum absolute atomic E-state index is 10.6. The summed E-state index contributed by atoms with van der Waals surface area (Å²) in [6.45, 7) is 1.89. The van der Waals surface area contributed by atoms with Gasteiger partial charge >= 0.3 is 62.3 Å². The van der Waals surface area contributed by atoms with Crippen LogP contribution >= 0.6 is 0 Å². The predicted molar refractivity (Wildman–Crippen MR) is 29.5 cm³/mol. The Labute approximate surface area is 62.8 Å². The van der Waals surface area contributed by atoms with Gasteiger partial charge in [0.25, 0.3) is 0 Å². The minimum absolute atomic E-state index is 0.0492. The molecule has 0 spiro atoms. The van der Waals surface area contributed by atoms with Gasteiger partial charge in [-0.15, -0.1) is 0 Å². The Morgan fingerprint density at radius 1 is 1.44 bits per heavy atom. The molecule has 0 aromatic heterocycles. The number of ketones is 1. The van der Waals surface area contributed by atoms with Crippen molar-refractivity contribution in [2.24, 2.45) is 0 Å². The molecule has 0 atom stereocenters. The van der Waals surface area contributed by atoms with Gasteiger partial charge in [-0.05, 0) is 0 Å². The van der Waals surface area contributed by atoms with Gasteiger partial charge in [-0.2, -0.15) is 0 Å². The normalized spacial score (nSPS) is 9.22. The van der Waals surface area contributed by atoms with Gasteiger partial charge in [0.15, 0.2) is 0 Å². The van der Waals surface area contributed by atoms with Gasteiger partial charge in [-0.3, -0.25) is 0 Å². The van der Waals surface area contributed by atoms with E-state index in [-0.39, 0.29) is 12.2 Å². The van der Waals surface area contributed by atoms with E-state index in [1.165, 1.54) is 0 Å². The molecule has 0 N–H and O–H groups in total. The van der Waals surface area contributed by atoms with Gasteiger partial charge in [-0.1, -0.05) is 0 Å². The van der Waals surface area contributed by atoms with Crippen molar-refractivity contribution in [3.63, 3.8) is 0 Å². The Kier molecular flexibility index (Phi) is 4.64. The molecular weight excluding hydrogens is 168 g/mol. The number of Topliss-reactive ketones (excluding diaryl/α,β-unsaturated/α-hetero) is 1. The molecule has 56 valence electrons. The molecule has 0 bridgehead atoms. The van der Waals surface area contributed by atoms with Crippen molar-refractivity contribution in [3.8, 4) is 0 Å². The number of carbonyl (C=O) groups excluding carboxylic acids is 2. The Balaban J connectivity index is 3.39. The molecule has 0 aliphatic carbocycles. The summed E-state index contributed by atoms with van der Waals surface area (Å²) in [4.78, 5) is 20.7. The number of rotatable bonds is 4. The van der Waals surface area contributed by atoms with Gasteiger partial charge in [0.1, 0.15) is 0 Å². The first-order chi connectivity index (χ1) is 4.16. The molecule has 0 amide bonds. The maximum atomic E-state index is 10.6. The third-order valence-electron chi connectivity index (χ3n) is 0.851. The minimum atomic E-state index is -0.471. The predicted octanol–water partition coefficient (Wildman–Crippen LogP) is 0.819. The van der Waals surface area contributed by atoms with Crippen LogP contribution in [0, 0.1) is 0 Å². The number of hydrogen-bond acceptors (Lipinski definition) is 2. The molecule has 0 radical (unpaired) electrons. The van der Waals surface area contributed by atoms with Crippen molar-refractivity contribution in [2.45, 2.75) is 26.2 Å². The second-order valence-electron chi connectivity index (χ2n) is 1.78. The van der Waals surface area contributed by atoms with Crippen LogP contribution in [0.15, 0.2) is 0 Å². The average Bonchev–Trinajstić information content (AvgIpc) is 1.63. The van der Waals surface area contributed by atoms with E-state index < -0.39 is 4.68 Å². The Morgan fingerprint density at radius 3 is 2.33 bits per heavy atom. The zero-order valence-corrected chi connectivity index (χ0v) is 6.18. The first-order valence-electron chi connectivity index (χ1n) is 2.83. The van der Waals surface area contributed by atoms with Gasteiger partial charge in [0.2, 0.25) is 0 Å². The summed E-state index contributed by atoms with van der Waals surface area (Å²) >= 11 is 4.35. The molecule has 3 heteroatoms. The quantitative estimate of drug-likeness (QED) is 0.470. The average molecular weight is 177 g/mol. The molecule has 0 saturated carbocycles. The van der Waals surface area contributed by atoms with Gasteiger partial charge in [0.05, 0.1) is 0 Å². The van der Waals surface area contributed by atoms with Crippen LogP contribution in [-0.2, 0) is 25.6 Å². The summed E-state index contributed by atoms with van der Waals surface area (Å²) in [6, 6.07) is 0. The van der Waals surface area contributed by atoms with E-state index >= 15 is 0 Å². The van der Waals surface area contributed by atoms with Gasteiger partial charge in [0, 0.05) is 0 Å². The SMILES string of the molecule is CCCC(=O)C[C](=O)[Cu]. The van der Waals surface area contributed by atoms with Crippen LogP contribution in [0.3, 0.4) is 0 Å². The molecule has 0 saturated heterocycles. The van der Waals surface area contributed by atoms with E-state index in [2.05, 4.69) is 16.0 Å². The summed E-state index contributed by atoms with van der Waals surface area (Å²) in [7, 11) is 0. The fourth-order valence-corrected chi connectivity index (χ4v) is 0.693. The van der Waals surface area contributed by atoms with E-state index in [0.717, 1.165) is 6.42 Å². The van der Waals surface area contributed by atoms with Crippen LogP contribution in [0.2, 0.25) is 0 Å². The Hall–Kier alpha value is -0.141. The molecular formula is C6H9CuO2. The standard InChI is InChI=1S/C6H9O2.Cu/c1-2-3-6(8)4-5-7;/h2-4H2,1H3;. The molecule has 0 heterocycles. The van der Waals surface area contributed by atoms with Crippen LogP contribution in [0.1, 0.15) is 26.2 Å². The second-order valence-corrected chi connectivity index (χ2v) is 2.30. The molecule has 0 aromatic carbocycles. The van der Waals surface area contributed by atoms with E-state index in [1.54, 1.807) is 0 Å². The van der Waals surface area contributed by atoms with Crippen LogP contribution in [0.5, 0.6) is 0 Å². The second kappa shape index (κ2) is 4.71. The van der Waals surface area contributed by atoms with E-state index in [0.29, 0.717) is 6.42 Å². The third kappa shape index (κ3) is 5.73. The van der Waals surface area contributed by atoms with E-state index in [9.17, 15) is 9.59 Å². The first-order valence-corrected chi connectivity index (χ1v) is 3.30. The summed E-state index contributed by atoms with van der Waals surface area (Å²) in [5, 5.41) is 0. The molecule has 2 nitrogen and oxygen atoms in total. The van der Waals surface area contributed by atoms with Crippen molar-refractivity contribution in [3.05, 3.63) is 0 Å². The van der Waals surface area contributed by atoms with Gasteiger partial charge in [-0.25, -0.2) is 0 Å². The molecule has 0 rings (SSSR count). The topological polar surface area (TPSA) is 34.1 Å². The fraction of sp³-hybridized carbons (Fsp3) is 0.667. The monoisotopic (exact) mass is 176 g/mol. The van der Waals surface area contributed by atoms with Crippen molar-refractivity contribution >= 4 is 10.5 Å². The van der Waals surface area contributed by atoms with E-state index in [1.807, 2.05) is 6.92 Å². The van der Waals surface area contributed by atoms with Crippen LogP contribution in [0.4, 0.5) is 0 Å². The fourth-order valence-electron chi connectivity index (χ4n) is 0.507. The van der Waals surface area contributed by atoms with Crippen LogP contribution < -0.4 is 0 Å². The summed E-state index contributed by atoms with van der Waals surface area (Å²) in [5.41, 5.74) is 0. The van der Waals surface area contributed by atoms with Crippen LogP contribution in [-0.4, -0.2) is 10.5 Å². The summed E-state index contributed by atoms with van der Waals surface area (Å²) < 4.78 is -0.471. The van der Waals surface area contributed by atoms with E-state index in [4.69, 9.17) is 0 Å². The zero-order valence-electron chi connectivity index (χ0n) is 5.24. The number of carbonyl (C=O) groups is 2. The van der Waals surface area contributed by atoms with Crippen molar-refractivity contribution in [1.82, 2.24) is 0 Å². The van der Waals surface area contributed by atoms with Crippen molar-refractivity contribution < 1.29 is 25.6 Å². The molecule has 0 unspecified atom stereocenters. The molecule has 0 aliphatic heterocycles. The Bertz CT molecular complexity index is 120. The Morgan fingerprint density at radius 2 is 2.00 bits per heavy atom. The van der Waals surface area contributed by atoms with Crippen molar-refractivity contribution in [1.29, 1.82) is 0 Å². The van der Waals surface area contributed by atoms with Crippen LogP contribution in [0.25, 0.3) is 0 Å².